The third-order valence-electron chi connectivity index (χ3n) is 4.87. The molecule has 1 aromatic heterocycles. The number of hydrogen-bond donors (Lipinski definition) is 0. The quantitative estimate of drug-likeness (QED) is 0.352. The van der Waals surface area contributed by atoms with Crippen LogP contribution >= 0.6 is 23.1 Å². The zero-order chi connectivity index (χ0) is 19.5. The Morgan fingerprint density at radius 2 is 1.40 bits per heavy atom. The lowest BCUT2D eigenvalue weighted by molar-refractivity contribution is 0.777. The SMILES string of the molecule is C1=C(Cn2ccnc2)N(c2ccccc2)S(c2ccccc2)=C1c1ccccc1.Cl. The Morgan fingerprint density at radius 1 is 0.767 bits per heavy atom. The number of para-hydroxylation sites is 1. The van der Waals surface area contributed by atoms with E-state index in [0.29, 0.717) is 0 Å². The van der Waals surface area contributed by atoms with Gasteiger partial charge in [0.25, 0.3) is 0 Å². The van der Waals surface area contributed by atoms with E-state index in [1.54, 1.807) is 0 Å². The Hall–Kier alpha value is -3.08. The van der Waals surface area contributed by atoms with Gasteiger partial charge in [-0.1, -0.05) is 66.7 Å². The van der Waals surface area contributed by atoms with E-state index in [0.717, 1.165) is 6.54 Å². The number of nitrogens with zero attached hydrogens (tertiary/aromatic N) is 3. The van der Waals surface area contributed by atoms with Crippen LogP contribution in [0.2, 0.25) is 0 Å². The lowest BCUT2D eigenvalue weighted by atomic mass is 10.1. The molecule has 0 saturated carbocycles. The predicted octanol–water partition coefficient (Wildman–Crippen LogP) is 6.17. The normalized spacial score (nSPS) is 15.6. The lowest BCUT2D eigenvalue weighted by Crippen LogP contribution is -2.17. The minimum atomic E-state index is -0.236. The van der Waals surface area contributed by atoms with Gasteiger partial charge in [-0.3, -0.25) is 4.31 Å². The van der Waals surface area contributed by atoms with E-state index in [1.807, 2.05) is 18.7 Å². The fourth-order valence-corrected chi connectivity index (χ4v) is 5.93. The van der Waals surface area contributed by atoms with Crippen molar-refractivity contribution < 1.29 is 0 Å². The van der Waals surface area contributed by atoms with Crippen LogP contribution < -0.4 is 4.31 Å². The first-order valence-corrected chi connectivity index (χ1v) is 10.8. The summed E-state index contributed by atoms with van der Waals surface area (Å²) in [5, 5.41) is 0. The molecule has 0 amide bonds. The van der Waals surface area contributed by atoms with Gasteiger partial charge in [-0.25, -0.2) is 4.98 Å². The van der Waals surface area contributed by atoms with Crippen LogP contribution in [-0.4, -0.2) is 14.4 Å². The van der Waals surface area contributed by atoms with Gasteiger partial charge in [-0.2, -0.15) is 0 Å². The van der Waals surface area contributed by atoms with Crippen LogP contribution in [0, 0.1) is 0 Å². The minimum Gasteiger partial charge on any atom is -0.332 e. The number of allylic oxidation sites excluding steroid dienone is 2. The summed E-state index contributed by atoms with van der Waals surface area (Å²) >= 11 is 0. The standard InChI is InChI=1S/C25H21N3S.ClH/c1-4-10-21(11-5-1)25-18-23(19-27-17-16-26-20-27)28(22-12-6-2-7-13-22)29(25)24-14-8-3-9-15-24;/h1-18,20H,19H2;1H. The molecule has 3 aromatic carbocycles. The molecule has 1 aliphatic rings. The van der Waals surface area contributed by atoms with E-state index >= 15 is 0 Å². The highest BCUT2D eigenvalue weighted by Gasteiger charge is 2.27. The maximum Gasteiger partial charge on any atom is 0.0949 e. The van der Waals surface area contributed by atoms with E-state index < -0.39 is 0 Å². The van der Waals surface area contributed by atoms with Gasteiger partial charge in [-0.05, 0) is 46.6 Å². The minimum absolute atomic E-state index is 0. The average molecular weight is 432 g/mol. The Balaban J connectivity index is 0.00000218. The molecule has 1 atom stereocenters. The molecule has 0 N–H and O–H groups in total. The van der Waals surface area contributed by atoms with E-state index in [2.05, 4.69) is 111 Å². The van der Waals surface area contributed by atoms with Crippen molar-refractivity contribution in [3.8, 4) is 0 Å². The van der Waals surface area contributed by atoms with E-state index in [-0.39, 0.29) is 23.1 Å². The van der Waals surface area contributed by atoms with Crippen molar-refractivity contribution in [2.24, 2.45) is 0 Å². The van der Waals surface area contributed by atoms with Crippen molar-refractivity contribution in [1.82, 2.24) is 9.55 Å². The van der Waals surface area contributed by atoms with Crippen molar-refractivity contribution in [3.05, 3.63) is 127 Å². The summed E-state index contributed by atoms with van der Waals surface area (Å²) < 4.78 is 4.61. The van der Waals surface area contributed by atoms with Crippen LogP contribution in [0.25, 0.3) is 0 Å². The second kappa shape index (κ2) is 9.16. The van der Waals surface area contributed by atoms with Crippen molar-refractivity contribution in [3.63, 3.8) is 0 Å². The highest BCUT2D eigenvalue weighted by molar-refractivity contribution is 8.18. The van der Waals surface area contributed by atoms with Crippen molar-refractivity contribution in [1.29, 1.82) is 0 Å². The number of anilines is 1. The smallest absolute Gasteiger partial charge is 0.0949 e. The van der Waals surface area contributed by atoms with E-state index in [1.165, 1.54) is 26.7 Å². The van der Waals surface area contributed by atoms with Gasteiger partial charge in [0.2, 0.25) is 0 Å². The molecule has 3 nitrogen and oxygen atoms in total. The van der Waals surface area contributed by atoms with Crippen LogP contribution in [0.4, 0.5) is 5.69 Å². The zero-order valence-corrected chi connectivity index (χ0v) is 18.0. The van der Waals surface area contributed by atoms with Crippen molar-refractivity contribution >= 4 is 33.6 Å². The van der Waals surface area contributed by atoms with Gasteiger partial charge in [0, 0.05) is 22.2 Å². The van der Waals surface area contributed by atoms with Gasteiger partial charge in [0.1, 0.15) is 0 Å². The lowest BCUT2D eigenvalue weighted by Gasteiger charge is -2.28. The zero-order valence-electron chi connectivity index (χ0n) is 16.3. The summed E-state index contributed by atoms with van der Waals surface area (Å²) in [6, 6.07) is 32.2. The molecule has 5 rings (SSSR count). The molecule has 0 aliphatic carbocycles. The Kier molecular flexibility index (Phi) is 6.17. The second-order valence-corrected chi connectivity index (χ2v) is 8.67. The molecule has 1 aliphatic heterocycles. The summed E-state index contributed by atoms with van der Waals surface area (Å²) in [4.78, 5) is 6.88. The molecule has 0 fully saturated rings. The monoisotopic (exact) mass is 431 g/mol. The first-order valence-electron chi connectivity index (χ1n) is 9.63. The fourth-order valence-electron chi connectivity index (χ4n) is 3.57. The fraction of sp³-hybridized carbons (Fsp3) is 0.0400. The molecule has 150 valence electrons. The number of rotatable bonds is 5. The average Bonchev–Trinajstić information content (AvgIpc) is 3.44. The van der Waals surface area contributed by atoms with Crippen LogP contribution in [-0.2, 0) is 6.54 Å². The summed E-state index contributed by atoms with van der Waals surface area (Å²) in [5.74, 6) is 0. The number of aromatic nitrogens is 2. The molecule has 0 spiro atoms. The molecular weight excluding hydrogens is 410 g/mol. The molecule has 1 unspecified atom stereocenters. The van der Waals surface area contributed by atoms with Gasteiger partial charge in [-0.15, -0.1) is 12.4 Å². The summed E-state index contributed by atoms with van der Waals surface area (Å²) in [7, 11) is -0.236. The predicted molar refractivity (Wildman–Crippen MR) is 129 cm³/mol. The summed E-state index contributed by atoms with van der Waals surface area (Å²) in [5.41, 5.74) is 3.73. The molecular formula is C25H22ClN3S. The van der Waals surface area contributed by atoms with Crippen molar-refractivity contribution in [2.45, 2.75) is 11.4 Å². The van der Waals surface area contributed by atoms with Crippen LogP contribution in [0.15, 0.2) is 126 Å². The topological polar surface area (TPSA) is 21.1 Å². The summed E-state index contributed by atoms with van der Waals surface area (Å²) in [6.07, 6.45) is 8.09. The number of benzene rings is 3. The first kappa shape index (κ1) is 20.2. The largest absolute Gasteiger partial charge is 0.332 e. The third kappa shape index (κ3) is 3.97. The van der Waals surface area contributed by atoms with Gasteiger partial charge in [0.15, 0.2) is 0 Å². The number of imidazole rings is 1. The van der Waals surface area contributed by atoms with Gasteiger partial charge >= 0.3 is 0 Å². The van der Waals surface area contributed by atoms with Crippen LogP contribution in [0.1, 0.15) is 5.56 Å². The van der Waals surface area contributed by atoms with Crippen LogP contribution in [0.5, 0.6) is 0 Å². The molecule has 5 heteroatoms. The van der Waals surface area contributed by atoms with E-state index in [9.17, 15) is 0 Å². The Bertz CT molecular complexity index is 1160. The molecule has 2 heterocycles. The summed E-state index contributed by atoms with van der Waals surface area (Å²) in [6.45, 7) is 0.779. The number of halogens is 1. The maximum atomic E-state index is 4.23. The molecule has 30 heavy (non-hydrogen) atoms. The second-order valence-electron chi connectivity index (χ2n) is 6.83. The Morgan fingerprint density at radius 3 is 2.03 bits per heavy atom. The molecule has 4 aromatic rings. The highest BCUT2D eigenvalue weighted by Crippen LogP contribution is 2.45. The number of hydrogen-bond acceptors (Lipinski definition) is 2. The van der Waals surface area contributed by atoms with Crippen molar-refractivity contribution in [2.75, 3.05) is 4.31 Å². The maximum absolute atomic E-state index is 4.23. The Labute approximate surface area is 185 Å². The first-order chi connectivity index (χ1) is 14.4. The van der Waals surface area contributed by atoms with Gasteiger partial charge in [0.05, 0.1) is 24.3 Å². The van der Waals surface area contributed by atoms with Gasteiger partial charge < -0.3 is 4.57 Å². The third-order valence-corrected chi connectivity index (χ3v) is 7.17. The molecule has 0 saturated heterocycles. The molecule has 0 radical (unpaired) electrons. The van der Waals surface area contributed by atoms with E-state index in [4.69, 9.17) is 0 Å². The van der Waals surface area contributed by atoms with Crippen LogP contribution in [0.3, 0.4) is 0 Å². The molecule has 0 bridgehead atoms. The highest BCUT2D eigenvalue weighted by atomic mass is 35.5.